The molecule has 20 heavy (non-hydrogen) atoms. The first-order chi connectivity index (χ1) is 9.54. The lowest BCUT2D eigenvalue weighted by Crippen LogP contribution is -2.41. The number of carboxylic acids is 1. The number of nitrogens with zero attached hydrogens (tertiary/aromatic N) is 2. The van der Waals surface area contributed by atoms with Crippen molar-refractivity contribution in [3.8, 4) is 11.3 Å². The van der Waals surface area contributed by atoms with Crippen molar-refractivity contribution in [1.82, 2.24) is 10.1 Å². The average molecular weight is 337 g/mol. The van der Waals surface area contributed by atoms with Crippen molar-refractivity contribution in [2.75, 3.05) is 20.1 Å². The zero-order valence-corrected chi connectivity index (χ0v) is 12.4. The summed E-state index contributed by atoms with van der Waals surface area (Å²) in [5, 5.41) is 12.4. The van der Waals surface area contributed by atoms with Crippen molar-refractivity contribution in [3.63, 3.8) is 0 Å². The van der Waals surface area contributed by atoms with Crippen LogP contribution in [0.4, 0.5) is 0 Å². The molecule has 1 fully saturated rings. The van der Waals surface area contributed by atoms with Crippen molar-refractivity contribution in [2.24, 2.45) is 0 Å². The van der Waals surface area contributed by atoms with Gasteiger partial charge in [0.15, 0.2) is 11.5 Å². The number of carboxylic acid groups (broad SMARTS) is 1. The summed E-state index contributed by atoms with van der Waals surface area (Å²) >= 11 is 3.58. The summed E-state index contributed by atoms with van der Waals surface area (Å²) in [6.07, 6.45) is 0. The predicted molar refractivity (Wildman–Crippen MR) is 76.8 cm³/mol. The van der Waals surface area contributed by atoms with Gasteiger partial charge in [-0.15, -0.1) is 0 Å². The normalized spacial score (nSPS) is 16.1. The lowest BCUT2D eigenvalue weighted by Gasteiger charge is -2.37. The van der Waals surface area contributed by atoms with Crippen LogP contribution in [-0.4, -0.2) is 41.3 Å². The first kappa shape index (κ1) is 13.3. The fourth-order valence-corrected chi connectivity index (χ4v) is 3.12. The zero-order chi connectivity index (χ0) is 14.3. The lowest BCUT2D eigenvalue weighted by molar-refractivity contribution is 0.0686. The average Bonchev–Trinajstić information content (AvgIpc) is 2.85. The highest BCUT2D eigenvalue weighted by Crippen LogP contribution is 2.34. The van der Waals surface area contributed by atoms with Gasteiger partial charge in [0, 0.05) is 35.1 Å². The van der Waals surface area contributed by atoms with Crippen LogP contribution in [0.3, 0.4) is 0 Å². The molecule has 2 heterocycles. The molecule has 0 unspecified atom stereocenters. The highest BCUT2D eigenvalue weighted by atomic mass is 79.9. The third kappa shape index (κ3) is 2.36. The highest BCUT2D eigenvalue weighted by Gasteiger charge is 2.26. The van der Waals surface area contributed by atoms with Gasteiger partial charge in [0.2, 0.25) is 0 Å². The highest BCUT2D eigenvalue weighted by molar-refractivity contribution is 9.10. The monoisotopic (exact) mass is 336 g/mol. The van der Waals surface area contributed by atoms with E-state index in [2.05, 4.69) is 39.1 Å². The summed E-state index contributed by atoms with van der Waals surface area (Å²) in [7, 11) is 2.10. The van der Waals surface area contributed by atoms with Crippen molar-refractivity contribution >= 4 is 21.9 Å². The van der Waals surface area contributed by atoms with Gasteiger partial charge in [0.25, 0.3) is 0 Å². The first-order valence-corrected chi connectivity index (χ1v) is 7.02. The molecule has 1 saturated heterocycles. The van der Waals surface area contributed by atoms with Gasteiger partial charge in [0.1, 0.15) is 0 Å². The van der Waals surface area contributed by atoms with E-state index in [0.717, 1.165) is 23.1 Å². The maximum Gasteiger partial charge on any atom is 0.358 e. The molecule has 6 heteroatoms. The molecule has 0 amide bonds. The fourth-order valence-electron chi connectivity index (χ4n) is 2.42. The molecule has 1 aliphatic heterocycles. The second-order valence-electron chi connectivity index (χ2n) is 5.04. The second kappa shape index (κ2) is 5.03. The molecular weight excluding hydrogens is 324 g/mol. The molecule has 0 saturated carbocycles. The molecule has 1 aromatic heterocycles. The Morgan fingerprint density at radius 3 is 2.75 bits per heavy atom. The van der Waals surface area contributed by atoms with Crippen LogP contribution in [-0.2, 0) is 0 Å². The zero-order valence-electron chi connectivity index (χ0n) is 10.8. The van der Waals surface area contributed by atoms with E-state index in [1.54, 1.807) is 0 Å². The van der Waals surface area contributed by atoms with E-state index >= 15 is 0 Å². The van der Waals surface area contributed by atoms with Crippen LogP contribution in [0.15, 0.2) is 33.3 Å². The molecule has 2 aromatic rings. The van der Waals surface area contributed by atoms with Gasteiger partial charge < -0.3 is 14.5 Å². The number of rotatable bonds is 3. The maximum atomic E-state index is 10.8. The Labute approximate surface area is 124 Å². The van der Waals surface area contributed by atoms with E-state index in [9.17, 15) is 4.79 Å². The number of halogens is 1. The third-order valence-corrected chi connectivity index (χ3v) is 4.20. The maximum absolute atomic E-state index is 10.8. The minimum absolute atomic E-state index is 0.0826. The Morgan fingerprint density at radius 2 is 2.20 bits per heavy atom. The molecule has 104 valence electrons. The van der Waals surface area contributed by atoms with E-state index in [1.165, 1.54) is 11.6 Å². The summed E-state index contributed by atoms with van der Waals surface area (Å²) < 4.78 is 6.08. The van der Waals surface area contributed by atoms with Crippen LogP contribution < -0.4 is 0 Å². The Bertz CT molecular complexity index is 662. The Hall–Kier alpha value is -1.66. The van der Waals surface area contributed by atoms with Crippen LogP contribution in [0.2, 0.25) is 0 Å². The number of hydrogen-bond acceptors (Lipinski definition) is 4. The van der Waals surface area contributed by atoms with Gasteiger partial charge in [-0.1, -0.05) is 33.2 Å². The molecule has 1 aliphatic rings. The van der Waals surface area contributed by atoms with Crippen molar-refractivity contribution in [3.05, 3.63) is 40.0 Å². The summed E-state index contributed by atoms with van der Waals surface area (Å²) in [6.45, 7) is 2.12. The molecule has 1 aromatic carbocycles. The molecule has 5 nitrogen and oxygen atoms in total. The van der Waals surface area contributed by atoms with Crippen LogP contribution in [0.1, 0.15) is 22.0 Å². The second-order valence-corrected chi connectivity index (χ2v) is 5.89. The van der Waals surface area contributed by atoms with Crippen molar-refractivity contribution in [1.29, 1.82) is 0 Å². The van der Waals surface area contributed by atoms with Gasteiger partial charge >= 0.3 is 5.97 Å². The fraction of sp³-hybridized carbons (Fsp3) is 0.286. The predicted octanol–water partition coefficient (Wildman–Crippen LogP) is 2.83. The summed E-state index contributed by atoms with van der Waals surface area (Å²) in [5.74, 6) is -0.0821. The SMILES string of the molecule is CN1CC(c2ccc(-c3cc(C(=O)O)no3)cc2Br)C1. The number of likely N-dealkylation sites (tertiary alicyclic amines) is 1. The number of carbonyl (C=O) groups is 1. The molecule has 0 atom stereocenters. The minimum Gasteiger partial charge on any atom is -0.476 e. The van der Waals surface area contributed by atoms with Crippen LogP contribution in [0.25, 0.3) is 11.3 Å². The topological polar surface area (TPSA) is 66.6 Å². The molecule has 0 spiro atoms. The van der Waals surface area contributed by atoms with E-state index in [1.807, 2.05) is 12.1 Å². The standard InChI is InChI=1S/C14H13BrN2O3/c1-17-6-9(7-17)10-3-2-8(4-11(10)15)13-5-12(14(18)19)16-20-13/h2-5,9H,6-7H2,1H3,(H,18,19). The molecule has 1 N–H and O–H groups in total. The van der Waals surface area contributed by atoms with Crippen molar-refractivity contribution < 1.29 is 14.4 Å². The summed E-state index contributed by atoms with van der Waals surface area (Å²) in [6, 6.07) is 7.37. The van der Waals surface area contributed by atoms with Gasteiger partial charge in [0.05, 0.1) is 0 Å². The lowest BCUT2D eigenvalue weighted by atomic mass is 9.91. The van der Waals surface area contributed by atoms with Crippen molar-refractivity contribution in [2.45, 2.75) is 5.92 Å². The number of benzene rings is 1. The molecule has 0 bridgehead atoms. The Balaban J connectivity index is 1.87. The Kier molecular flexibility index (Phi) is 3.35. The number of likely N-dealkylation sites (N-methyl/N-ethyl adjacent to an activating group) is 1. The van der Waals surface area contributed by atoms with E-state index < -0.39 is 5.97 Å². The molecule has 0 radical (unpaired) electrons. The van der Waals surface area contributed by atoms with E-state index in [0.29, 0.717) is 11.7 Å². The van der Waals surface area contributed by atoms with E-state index in [-0.39, 0.29) is 5.69 Å². The number of aromatic nitrogens is 1. The summed E-state index contributed by atoms with van der Waals surface area (Å²) in [5.41, 5.74) is 2.00. The summed E-state index contributed by atoms with van der Waals surface area (Å²) in [4.78, 5) is 13.1. The van der Waals surface area contributed by atoms with Crippen LogP contribution >= 0.6 is 15.9 Å². The van der Waals surface area contributed by atoms with E-state index in [4.69, 9.17) is 9.63 Å². The molecular formula is C14H13BrN2O3. The quantitative estimate of drug-likeness (QED) is 0.933. The smallest absolute Gasteiger partial charge is 0.358 e. The largest absolute Gasteiger partial charge is 0.476 e. The number of hydrogen-bond donors (Lipinski definition) is 1. The molecule has 0 aliphatic carbocycles. The van der Waals surface area contributed by atoms with Crippen LogP contribution in [0.5, 0.6) is 0 Å². The van der Waals surface area contributed by atoms with Gasteiger partial charge in [-0.2, -0.15) is 0 Å². The minimum atomic E-state index is -1.09. The van der Waals surface area contributed by atoms with Gasteiger partial charge in [-0.3, -0.25) is 0 Å². The third-order valence-electron chi connectivity index (χ3n) is 3.52. The Morgan fingerprint density at radius 1 is 1.45 bits per heavy atom. The number of aromatic carboxylic acids is 1. The molecule has 3 rings (SSSR count). The van der Waals surface area contributed by atoms with Gasteiger partial charge in [-0.05, 0) is 18.7 Å². The van der Waals surface area contributed by atoms with Crippen LogP contribution in [0, 0.1) is 0 Å². The first-order valence-electron chi connectivity index (χ1n) is 6.23. The van der Waals surface area contributed by atoms with Gasteiger partial charge in [-0.25, -0.2) is 4.79 Å².